The van der Waals surface area contributed by atoms with Crippen LogP contribution in [0.3, 0.4) is 0 Å². The highest BCUT2D eigenvalue weighted by Crippen LogP contribution is 2.29. The van der Waals surface area contributed by atoms with Crippen LogP contribution in [-0.4, -0.2) is 12.0 Å². The van der Waals surface area contributed by atoms with Gasteiger partial charge in [-0.15, -0.1) is 0 Å². The number of benzene rings is 1. The average Bonchev–Trinajstić information content (AvgIpc) is 2.85. The third-order valence-electron chi connectivity index (χ3n) is 3.39. The standard InChI is InChI=1S/C16H16N2O/c1-11-10-18-8-7-13(11)16(17-2)15-9-12-5-3-4-6-14(12)19-15/h3-10,16-17H,1-2H3. The number of furan rings is 1. The van der Waals surface area contributed by atoms with Crippen molar-refractivity contribution in [3.8, 4) is 0 Å². The summed E-state index contributed by atoms with van der Waals surface area (Å²) < 4.78 is 5.95. The molecule has 1 aromatic carbocycles. The highest BCUT2D eigenvalue weighted by molar-refractivity contribution is 5.78. The Labute approximate surface area is 112 Å². The van der Waals surface area contributed by atoms with Crippen molar-refractivity contribution >= 4 is 11.0 Å². The summed E-state index contributed by atoms with van der Waals surface area (Å²) in [4.78, 5) is 4.14. The predicted molar refractivity (Wildman–Crippen MR) is 76.1 cm³/mol. The predicted octanol–water partition coefficient (Wildman–Crippen LogP) is 3.45. The van der Waals surface area contributed by atoms with Gasteiger partial charge in [-0.3, -0.25) is 4.98 Å². The van der Waals surface area contributed by atoms with Crippen LogP contribution in [-0.2, 0) is 0 Å². The van der Waals surface area contributed by atoms with E-state index >= 15 is 0 Å². The molecule has 2 aromatic heterocycles. The number of hydrogen-bond donors (Lipinski definition) is 1. The van der Waals surface area contributed by atoms with Gasteiger partial charge in [0.1, 0.15) is 11.3 Å². The van der Waals surface area contributed by atoms with Crippen LogP contribution < -0.4 is 5.32 Å². The van der Waals surface area contributed by atoms with Gasteiger partial charge in [-0.05, 0) is 43.3 Å². The Balaban J connectivity index is 2.09. The molecule has 0 aliphatic rings. The van der Waals surface area contributed by atoms with Crippen molar-refractivity contribution in [2.45, 2.75) is 13.0 Å². The van der Waals surface area contributed by atoms with Gasteiger partial charge in [0.15, 0.2) is 0 Å². The first kappa shape index (κ1) is 11.9. The van der Waals surface area contributed by atoms with Crippen LogP contribution in [0.1, 0.15) is 22.9 Å². The first-order chi connectivity index (χ1) is 9.29. The lowest BCUT2D eigenvalue weighted by atomic mass is 10.0. The second-order valence-electron chi connectivity index (χ2n) is 4.64. The van der Waals surface area contributed by atoms with E-state index < -0.39 is 0 Å². The van der Waals surface area contributed by atoms with Gasteiger partial charge in [0, 0.05) is 17.8 Å². The Morgan fingerprint density at radius 2 is 2.05 bits per heavy atom. The minimum absolute atomic E-state index is 0.0513. The first-order valence-corrected chi connectivity index (χ1v) is 6.36. The fourth-order valence-corrected chi connectivity index (χ4v) is 2.40. The second-order valence-corrected chi connectivity index (χ2v) is 4.64. The molecule has 1 N–H and O–H groups in total. The molecule has 0 bridgehead atoms. The Kier molecular flexibility index (Phi) is 3.05. The Hall–Kier alpha value is -2.13. The normalized spacial score (nSPS) is 12.7. The molecule has 0 amide bonds. The Morgan fingerprint density at radius 3 is 2.79 bits per heavy atom. The van der Waals surface area contributed by atoms with Gasteiger partial charge in [0.05, 0.1) is 6.04 Å². The summed E-state index contributed by atoms with van der Waals surface area (Å²) in [6.45, 7) is 2.06. The minimum Gasteiger partial charge on any atom is -0.459 e. The third-order valence-corrected chi connectivity index (χ3v) is 3.39. The number of pyridine rings is 1. The molecule has 0 spiro atoms. The Morgan fingerprint density at radius 1 is 1.21 bits per heavy atom. The maximum atomic E-state index is 5.95. The van der Waals surface area contributed by atoms with Crippen molar-refractivity contribution < 1.29 is 4.42 Å². The van der Waals surface area contributed by atoms with Crippen molar-refractivity contribution in [3.05, 3.63) is 65.7 Å². The van der Waals surface area contributed by atoms with Crippen molar-refractivity contribution in [3.63, 3.8) is 0 Å². The molecule has 0 aliphatic carbocycles. The number of rotatable bonds is 3. The van der Waals surface area contributed by atoms with E-state index in [0.717, 1.165) is 22.3 Å². The number of nitrogens with zero attached hydrogens (tertiary/aromatic N) is 1. The Bertz CT molecular complexity index is 670. The molecular weight excluding hydrogens is 236 g/mol. The SMILES string of the molecule is CNC(c1cc2ccccc2o1)c1ccncc1C. The van der Waals surface area contributed by atoms with Crippen LogP contribution in [0.25, 0.3) is 11.0 Å². The molecule has 1 atom stereocenters. The zero-order valence-corrected chi connectivity index (χ0v) is 11.1. The molecule has 3 aromatic rings. The minimum atomic E-state index is 0.0513. The second kappa shape index (κ2) is 4.86. The van der Waals surface area contributed by atoms with E-state index in [-0.39, 0.29) is 6.04 Å². The van der Waals surface area contributed by atoms with Crippen LogP contribution >= 0.6 is 0 Å². The van der Waals surface area contributed by atoms with Gasteiger partial charge in [-0.2, -0.15) is 0 Å². The lowest BCUT2D eigenvalue weighted by Crippen LogP contribution is -2.18. The van der Waals surface area contributed by atoms with Gasteiger partial charge in [-0.25, -0.2) is 0 Å². The van der Waals surface area contributed by atoms with Gasteiger partial charge in [-0.1, -0.05) is 18.2 Å². The fraction of sp³-hybridized carbons (Fsp3) is 0.188. The summed E-state index contributed by atoms with van der Waals surface area (Å²) in [5.74, 6) is 0.929. The zero-order valence-electron chi connectivity index (χ0n) is 11.1. The largest absolute Gasteiger partial charge is 0.459 e. The fourth-order valence-electron chi connectivity index (χ4n) is 2.40. The number of aromatic nitrogens is 1. The highest BCUT2D eigenvalue weighted by Gasteiger charge is 2.18. The van der Waals surface area contributed by atoms with Crippen LogP contribution in [0.5, 0.6) is 0 Å². The number of para-hydroxylation sites is 1. The third kappa shape index (κ3) is 2.13. The molecular formula is C16H16N2O. The van der Waals surface area contributed by atoms with Crippen LogP contribution in [0.15, 0.2) is 53.2 Å². The quantitative estimate of drug-likeness (QED) is 0.776. The van der Waals surface area contributed by atoms with Gasteiger partial charge in [0.25, 0.3) is 0 Å². The summed E-state index contributed by atoms with van der Waals surface area (Å²) in [5, 5.41) is 4.44. The molecule has 3 nitrogen and oxygen atoms in total. The number of hydrogen-bond acceptors (Lipinski definition) is 3. The number of fused-ring (bicyclic) bond motifs is 1. The molecule has 96 valence electrons. The molecule has 0 aliphatic heterocycles. The van der Waals surface area contributed by atoms with Crippen molar-refractivity contribution in [2.24, 2.45) is 0 Å². The summed E-state index contributed by atoms with van der Waals surface area (Å²) >= 11 is 0. The van der Waals surface area contributed by atoms with Crippen molar-refractivity contribution in [2.75, 3.05) is 7.05 Å². The van der Waals surface area contributed by atoms with E-state index in [1.807, 2.05) is 43.7 Å². The zero-order chi connectivity index (χ0) is 13.2. The van der Waals surface area contributed by atoms with Crippen LogP contribution in [0.2, 0.25) is 0 Å². The van der Waals surface area contributed by atoms with Crippen molar-refractivity contribution in [1.29, 1.82) is 0 Å². The highest BCUT2D eigenvalue weighted by atomic mass is 16.3. The molecule has 19 heavy (non-hydrogen) atoms. The topological polar surface area (TPSA) is 38.1 Å². The van der Waals surface area contributed by atoms with Crippen LogP contribution in [0.4, 0.5) is 0 Å². The maximum absolute atomic E-state index is 5.95. The van der Waals surface area contributed by atoms with Gasteiger partial charge >= 0.3 is 0 Å². The summed E-state index contributed by atoms with van der Waals surface area (Å²) in [5.41, 5.74) is 3.27. The van der Waals surface area contributed by atoms with E-state index in [9.17, 15) is 0 Å². The molecule has 0 saturated heterocycles. The van der Waals surface area contributed by atoms with E-state index in [1.54, 1.807) is 0 Å². The molecule has 0 saturated carbocycles. The summed E-state index contributed by atoms with van der Waals surface area (Å²) in [6, 6.07) is 12.2. The smallest absolute Gasteiger partial charge is 0.134 e. The average molecular weight is 252 g/mol. The number of aryl methyl sites for hydroxylation is 1. The maximum Gasteiger partial charge on any atom is 0.134 e. The molecule has 3 heteroatoms. The van der Waals surface area contributed by atoms with E-state index in [1.165, 1.54) is 5.56 Å². The monoisotopic (exact) mass is 252 g/mol. The van der Waals surface area contributed by atoms with Gasteiger partial charge in [0.2, 0.25) is 0 Å². The molecule has 0 radical (unpaired) electrons. The van der Waals surface area contributed by atoms with Crippen LogP contribution in [0, 0.1) is 6.92 Å². The molecule has 0 fully saturated rings. The van der Waals surface area contributed by atoms with Crippen molar-refractivity contribution in [1.82, 2.24) is 10.3 Å². The summed E-state index contributed by atoms with van der Waals surface area (Å²) in [6.07, 6.45) is 3.69. The summed E-state index contributed by atoms with van der Waals surface area (Å²) in [7, 11) is 1.94. The van der Waals surface area contributed by atoms with Gasteiger partial charge < -0.3 is 9.73 Å². The lowest BCUT2D eigenvalue weighted by Gasteiger charge is -2.15. The molecule has 2 heterocycles. The molecule has 3 rings (SSSR count). The van der Waals surface area contributed by atoms with E-state index in [4.69, 9.17) is 4.42 Å². The lowest BCUT2D eigenvalue weighted by molar-refractivity contribution is 0.490. The van der Waals surface area contributed by atoms with E-state index in [0.29, 0.717) is 0 Å². The molecule has 1 unspecified atom stereocenters. The first-order valence-electron chi connectivity index (χ1n) is 6.36. The van der Waals surface area contributed by atoms with E-state index in [2.05, 4.69) is 29.4 Å². The number of nitrogens with one attached hydrogen (secondary N) is 1.